The van der Waals surface area contributed by atoms with Gasteiger partial charge in [0.1, 0.15) is 5.75 Å². The van der Waals surface area contributed by atoms with Gasteiger partial charge in [-0.3, -0.25) is 0 Å². The first-order valence-electron chi connectivity index (χ1n) is 8.37. The molecule has 2 fully saturated rings. The molecule has 1 aromatic rings. The van der Waals surface area contributed by atoms with E-state index in [0.29, 0.717) is 6.54 Å². The normalized spacial score (nSPS) is 18.0. The Kier molecular flexibility index (Phi) is 5.15. The Balaban J connectivity index is 1.51. The first kappa shape index (κ1) is 14.9. The van der Waals surface area contributed by atoms with Crippen molar-refractivity contribution < 1.29 is 9.47 Å². The third-order valence-corrected chi connectivity index (χ3v) is 4.30. The predicted octanol–water partition coefficient (Wildman–Crippen LogP) is 2.95. The summed E-state index contributed by atoms with van der Waals surface area (Å²) >= 11 is 0. The Morgan fingerprint density at radius 3 is 2.48 bits per heavy atom. The summed E-state index contributed by atoms with van der Waals surface area (Å²) in [6.07, 6.45) is 7.22. The lowest BCUT2D eigenvalue weighted by Crippen LogP contribution is -2.08. The predicted molar refractivity (Wildman–Crippen MR) is 84.7 cm³/mol. The van der Waals surface area contributed by atoms with Gasteiger partial charge in [0.2, 0.25) is 0 Å². The van der Waals surface area contributed by atoms with Gasteiger partial charge in [0.05, 0.1) is 13.2 Å². The van der Waals surface area contributed by atoms with Crippen LogP contribution in [0.4, 0.5) is 0 Å². The van der Waals surface area contributed by atoms with Gasteiger partial charge in [0.15, 0.2) is 0 Å². The van der Waals surface area contributed by atoms with E-state index in [1.807, 2.05) is 0 Å². The van der Waals surface area contributed by atoms with Crippen molar-refractivity contribution in [1.82, 2.24) is 0 Å². The van der Waals surface area contributed by atoms with Gasteiger partial charge in [0, 0.05) is 6.61 Å². The lowest BCUT2D eigenvalue weighted by atomic mass is 10.0. The SMILES string of the molecule is NCCc1cc(CCOCC2CC2)ccc1OCC1CC1. The van der Waals surface area contributed by atoms with Crippen LogP contribution in [0.3, 0.4) is 0 Å². The van der Waals surface area contributed by atoms with Crippen molar-refractivity contribution >= 4 is 0 Å². The van der Waals surface area contributed by atoms with E-state index >= 15 is 0 Å². The maximum Gasteiger partial charge on any atom is 0.122 e. The Morgan fingerprint density at radius 1 is 1.00 bits per heavy atom. The van der Waals surface area contributed by atoms with Gasteiger partial charge < -0.3 is 15.2 Å². The fourth-order valence-corrected chi connectivity index (χ4v) is 2.50. The lowest BCUT2D eigenvalue weighted by Gasteiger charge is -2.13. The van der Waals surface area contributed by atoms with Crippen LogP contribution >= 0.6 is 0 Å². The van der Waals surface area contributed by atoms with Crippen LogP contribution in [0.2, 0.25) is 0 Å². The highest BCUT2D eigenvalue weighted by molar-refractivity contribution is 5.37. The molecule has 0 bridgehead atoms. The summed E-state index contributed by atoms with van der Waals surface area (Å²) in [6, 6.07) is 6.53. The first-order valence-corrected chi connectivity index (χ1v) is 8.37. The van der Waals surface area contributed by atoms with Gasteiger partial charge in [-0.15, -0.1) is 0 Å². The second-order valence-electron chi connectivity index (χ2n) is 6.50. The molecule has 0 amide bonds. The smallest absolute Gasteiger partial charge is 0.122 e. The van der Waals surface area contributed by atoms with Crippen molar-refractivity contribution in [3.8, 4) is 5.75 Å². The molecule has 21 heavy (non-hydrogen) atoms. The van der Waals surface area contributed by atoms with Crippen molar-refractivity contribution in [1.29, 1.82) is 0 Å². The molecule has 3 rings (SSSR count). The van der Waals surface area contributed by atoms with E-state index in [1.54, 1.807) is 0 Å². The number of rotatable bonds is 10. The summed E-state index contributed by atoms with van der Waals surface area (Å²) < 4.78 is 11.7. The highest BCUT2D eigenvalue weighted by atomic mass is 16.5. The molecular weight excluding hydrogens is 262 g/mol. The molecule has 1 aromatic carbocycles. The summed E-state index contributed by atoms with van der Waals surface area (Å²) in [4.78, 5) is 0. The fraction of sp³-hybridized carbons (Fsp3) is 0.667. The van der Waals surface area contributed by atoms with Crippen LogP contribution in [0.25, 0.3) is 0 Å². The highest BCUT2D eigenvalue weighted by Crippen LogP contribution is 2.31. The van der Waals surface area contributed by atoms with Gasteiger partial charge >= 0.3 is 0 Å². The molecule has 3 heteroatoms. The molecule has 0 aliphatic heterocycles. The minimum absolute atomic E-state index is 0.668. The average molecular weight is 289 g/mol. The van der Waals surface area contributed by atoms with Crippen molar-refractivity contribution in [2.45, 2.75) is 38.5 Å². The first-order chi connectivity index (χ1) is 10.3. The zero-order valence-corrected chi connectivity index (χ0v) is 12.9. The molecule has 0 atom stereocenters. The maximum absolute atomic E-state index is 5.95. The van der Waals surface area contributed by atoms with E-state index in [4.69, 9.17) is 15.2 Å². The quantitative estimate of drug-likeness (QED) is 0.674. The van der Waals surface area contributed by atoms with Crippen LogP contribution in [0, 0.1) is 11.8 Å². The van der Waals surface area contributed by atoms with Crippen molar-refractivity contribution in [3.05, 3.63) is 29.3 Å². The number of benzene rings is 1. The molecule has 0 unspecified atom stereocenters. The molecule has 2 aliphatic rings. The monoisotopic (exact) mass is 289 g/mol. The van der Waals surface area contributed by atoms with Gasteiger partial charge in [-0.1, -0.05) is 12.1 Å². The molecule has 2 N–H and O–H groups in total. The number of nitrogens with two attached hydrogens (primary N) is 1. The number of hydrogen-bond acceptors (Lipinski definition) is 3. The Hall–Kier alpha value is -1.06. The van der Waals surface area contributed by atoms with Crippen molar-refractivity contribution in [3.63, 3.8) is 0 Å². The molecule has 2 saturated carbocycles. The molecule has 0 saturated heterocycles. The average Bonchev–Trinajstić information content (AvgIpc) is 3.37. The van der Waals surface area contributed by atoms with E-state index < -0.39 is 0 Å². The fourth-order valence-electron chi connectivity index (χ4n) is 2.50. The molecule has 0 heterocycles. The van der Waals surface area contributed by atoms with E-state index in [2.05, 4.69) is 18.2 Å². The summed E-state index contributed by atoms with van der Waals surface area (Å²) in [5.41, 5.74) is 8.30. The summed E-state index contributed by atoms with van der Waals surface area (Å²) in [5.74, 6) is 2.65. The van der Waals surface area contributed by atoms with E-state index in [0.717, 1.165) is 50.2 Å². The zero-order chi connectivity index (χ0) is 14.5. The van der Waals surface area contributed by atoms with Gasteiger partial charge in [-0.05, 0) is 74.1 Å². The second kappa shape index (κ2) is 7.28. The molecule has 0 radical (unpaired) electrons. The third-order valence-electron chi connectivity index (χ3n) is 4.30. The summed E-state index contributed by atoms with van der Waals surface area (Å²) in [5, 5.41) is 0. The van der Waals surface area contributed by atoms with E-state index in [9.17, 15) is 0 Å². The molecule has 0 aromatic heterocycles. The van der Waals surface area contributed by atoms with Crippen LogP contribution in [-0.2, 0) is 17.6 Å². The largest absolute Gasteiger partial charge is 0.493 e. The van der Waals surface area contributed by atoms with Gasteiger partial charge in [0.25, 0.3) is 0 Å². The summed E-state index contributed by atoms with van der Waals surface area (Å²) in [7, 11) is 0. The number of hydrogen-bond donors (Lipinski definition) is 1. The maximum atomic E-state index is 5.95. The van der Waals surface area contributed by atoms with Crippen molar-refractivity contribution in [2.75, 3.05) is 26.4 Å². The van der Waals surface area contributed by atoms with E-state index in [-0.39, 0.29) is 0 Å². The van der Waals surface area contributed by atoms with Crippen LogP contribution in [-0.4, -0.2) is 26.4 Å². The highest BCUT2D eigenvalue weighted by Gasteiger charge is 2.22. The standard InChI is InChI=1S/C18H27NO2/c19-9-7-17-11-14(8-10-20-12-15-1-2-15)5-6-18(17)21-13-16-3-4-16/h5-6,11,15-16H,1-4,7-10,12-13,19H2. The molecule has 116 valence electrons. The van der Waals surface area contributed by atoms with Gasteiger partial charge in [-0.25, -0.2) is 0 Å². The Morgan fingerprint density at radius 2 is 1.76 bits per heavy atom. The molecule has 2 aliphatic carbocycles. The second-order valence-corrected chi connectivity index (χ2v) is 6.50. The van der Waals surface area contributed by atoms with E-state index in [1.165, 1.54) is 36.8 Å². The van der Waals surface area contributed by atoms with Crippen LogP contribution in [0.5, 0.6) is 5.75 Å². The zero-order valence-electron chi connectivity index (χ0n) is 12.9. The van der Waals surface area contributed by atoms with Crippen LogP contribution < -0.4 is 10.5 Å². The third kappa shape index (κ3) is 5.01. The van der Waals surface area contributed by atoms with Crippen LogP contribution in [0.15, 0.2) is 18.2 Å². The molecule has 3 nitrogen and oxygen atoms in total. The molecule has 0 spiro atoms. The minimum atomic E-state index is 0.668. The Bertz CT molecular complexity index is 453. The summed E-state index contributed by atoms with van der Waals surface area (Å²) in [6.45, 7) is 3.29. The number of ether oxygens (including phenoxy) is 2. The minimum Gasteiger partial charge on any atom is -0.493 e. The molecular formula is C18H27NO2. The van der Waals surface area contributed by atoms with Gasteiger partial charge in [-0.2, -0.15) is 0 Å². The van der Waals surface area contributed by atoms with Crippen LogP contribution in [0.1, 0.15) is 36.8 Å². The lowest BCUT2D eigenvalue weighted by molar-refractivity contribution is 0.127. The Labute approximate surface area is 127 Å². The van der Waals surface area contributed by atoms with Crippen molar-refractivity contribution in [2.24, 2.45) is 17.6 Å². The topological polar surface area (TPSA) is 44.5 Å².